The Labute approximate surface area is 202 Å². The molecule has 172 valence electrons. The third-order valence-electron chi connectivity index (χ3n) is 6.45. The fraction of sp³-hybridized carbons (Fsp3) is 0.346. The summed E-state index contributed by atoms with van der Waals surface area (Å²) in [6.45, 7) is 2.90. The van der Waals surface area contributed by atoms with Gasteiger partial charge in [0.2, 0.25) is 0 Å². The second kappa shape index (κ2) is 10.3. The number of nitro benzene ring substituents is 1. The summed E-state index contributed by atoms with van der Waals surface area (Å²) in [5.41, 5.74) is 3.16. The number of carbonyl (C=O) groups excluding carboxylic acids is 1. The molecule has 6 nitrogen and oxygen atoms in total. The molecule has 1 aromatic heterocycles. The van der Waals surface area contributed by atoms with Crippen molar-refractivity contribution >= 4 is 27.5 Å². The standard InChI is InChI=1S/C26H28BrN3O3/c1-19-9-12-21(16-25(19)30(32)33)26(31)29(23-6-3-2-4-7-23)18-24-8-5-15-28(24)17-20-10-13-22(27)14-11-20/h5,8-16,23H,2-4,6-7,17-18H2,1H3. The monoisotopic (exact) mass is 509 g/mol. The molecule has 1 aliphatic carbocycles. The van der Waals surface area contributed by atoms with Gasteiger partial charge in [-0.2, -0.15) is 0 Å². The van der Waals surface area contributed by atoms with Crippen LogP contribution in [-0.4, -0.2) is 26.3 Å². The van der Waals surface area contributed by atoms with E-state index in [1.807, 2.05) is 29.3 Å². The summed E-state index contributed by atoms with van der Waals surface area (Å²) in [5, 5.41) is 11.4. The van der Waals surface area contributed by atoms with E-state index in [-0.39, 0.29) is 17.6 Å². The molecule has 0 atom stereocenters. The summed E-state index contributed by atoms with van der Waals surface area (Å²) < 4.78 is 3.21. The fourth-order valence-electron chi connectivity index (χ4n) is 4.57. The van der Waals surface area contributed by atoms with Crippen molar-refractivity contribution in [2.45, 2.75) is 58.2 Å². The van der Waals surface area contributed by atoms with Crippen LogP contribution in [0, 0.1) is 17.0 Å². The van der Waals surface area contributed by atoms with E-state index in [0.717, 1.165) is 42.4 Å². The van der Waals surface area contributed by atoms with E-state index in [4.69, 9.17) is 0 Å². The molecule has 1 aliphatic rings. The Balaban J connectivity index is 1.62. The number of rotatable bonds is 7. The number of halogens is 1. The fourth-order valence-corrected chi connectivity index (χ4v) is 4.84. The summed E-state index contributed by atoms with van der Waals surface area (Å²) in [6.07, 6.45) is 7.36. The van der Waals surface area contributed by atoms with Gasteiger partial charge in [-0.05, 0) is 55.7 Å². The number of aromatic nitrogens is 1. The average molecular weight is 510 g/mol. The predicted molar refractivity (Wildman–Crippen MR) is 132 cm³/mol. The zero-order valence-corrected chi connectivity index (χ0v) is 20.3. The molecule has 0 aliphatic heterocycles. The highest BCUT2D eigenvalue weighted by Crippen LogP contribution is 2.28. The Morgan fingerprint density at radius 1 is 1.12 bits per heavy atom. The quantitative estimate of drug-likeness (QED) is 0.270. The van der Waals surface area contributed by atoms with E-state index >= 15 is 0 Å². The van der Waals surface area contributed by atoms with Gasteiger partial charge in [0, 0.05) is 46.1 Å². The van der Waals surface area contributed by atoms with Gasteiger partial charge in [0.05, 0.1) is 11.5 Å². The summed E-state index contributed by atoms with van der Waals surface area (Å²) in [7, 11) is 0. The smallest absolute Gasteiger partial charge is 0.273 e. The molecule has 2 aromatic carbocycles. The van der Waals surface area contributed by atoms with Crippen molar-refractivity contribution in [1.82, 2.24) is 9.47 Å². The third-order valence-corrected chi connectivity index (χ3v) is 6.98. The van der Waals surface area contributed by atoms with Crippen molar-refractivity contribution < 1.29 is 9.72 Å². The molecule has 3 aromatic rings. The minimum absolute atomic E-state index is 0.0111. The van der Waals surface area contributed by atoms with Crippen molar-refractivity contribution in [3.05, 3.63) is 97.8 Å². The first-order chi connectivity index (χ1) is 15.9. The molecule has 1 amide bonds. The molecule has 1 fully saturated rings. The zero-order chi connectivity index (χ0) is 23.4. The summed E-state index contributed by atoms with van der Waals surface area (Å²) in [5.74, 6) is -0.138. The van der Waals surface area contributed by atoms with E-state index < -0.39 is 4.92 Å². The van der Waals surface area contributed by atoms with Gasteiger partial charge in [-0.25, -0.2) is 0 Å². The van der Waals surface area contributed by atoms with Crippen LogP contribution >= 0.6 is 15.9 Å². The lowest BCUT2D eigenvalue weighted by molar-refractivity contribution is -0.385. The maximum atomic E-state index is 13.7. The molecule has 0 bridgehead atoms. The lowest BCUT2D eigenvalue weighted by atomic mass is 9.93. The molecule has 7 heteroatoms. The number of nitrogens with zero attached hydrogens (tertiary/aromatic N) is 3. The first-order valence-electron chi connectivity index (χ1n) is 11.4. The summed E-state index contributed by atoms with van der Waals surface area (Å²) >= 11 is 3.48. The van der Waals surface area contributed by atoms with Crippen LogP contribution in [0.1, 0.15) is 59.3 Å². The maximum absolute atomic E-state index is 13.7. The minimum atomic E-state index is -0.416. The van der Waals surface area contributed by atoms with Gasteiger partial charge < -0.3 is 9.47 Å². The number of hydrogen-bond donors (Lipinski definition) is 0. The lowest BCUT2D eigenvalue weighted by Gasteiger charge is -2.35. The van der Waals surface area contributed by atoms with Crippen LogP contribution in [0.2, 0.25) is 0 Å². The maximum Gasteiger partial charge on any atom is 0.273 e. The molecular formula is C26H28BrN3O3. The van der Waals surface area contributed by atoms with Gasteiger partial charge >= 0.3 is 0 Å². The summed E-state index contributed by atoms with van der Waals surface area (Å²) in [6, 6.07) is 17.2. The molecule has 0 unspecified atom stereocenters. The predicted octanol–water partition coefficient (Wildman–Crippen LogP) is 6.49. The molecule has 0 N–H and O–H groups in total. The highest BCUT2D eigenvalue weighted by molar-refractivity contribution is 9.10. The lowest BCUT2D eigenvalue weighted by Crippen LogP contribution is -2.41. The van der Waals surface area contributed by atoms with Crippen LogP contribution < -0.4 is 0 Å². The summed E-state index contributed by atoms with van der Waals surface area (Å²) in [4.78, 5) is 26.6. The highest BCUT2D eigenvalue weighted by atomic mass is 79.9. The van der Waals surface area contributed by atoms with Crippen molar-refractivity contribution in [1.29, 1.82) is 0 Å². The normalized spacial score (nSPS) is 14.2. The van der Waals surface area contributed by atoms with E-state index in [1.54, 1.807) is 19.1 Å². The van der Waals surface area contributed by atoms with Crippen LogP contribution in [0.15, 0.2) is 65.3 Å². The molecular weight excluding hydrogens is 482 g/mol. The van der Waals surface area contributed by atoms with E-state index in [9.17, 15) is 14.9 Å². The number of nitro groups is 1. The Morgan fingerprint density at radius 2 is 1.85 bits per heavy atom. The van der Waals surface area contributed by atoms with Gasteiger partial charge in [-0.3, -0.25) is 14.9 Å². The average Bonchev–Trinajstić information content (AvgIpc) is 3.25. The van der Waals surface area contributed by atoms with Gasteiger partial charge in [0.25, 0.3) is 11.6 Å². The van der Waals surface area contributed by atoms with Crippen LogP contribution in [0.4, 0.5) is 5.69 Å². The SMILES string of the molecule is Cc1ccc(C(=O)N(Cc2cccn2Cc2ccc(Br)cc2)C2CCCCC2)cc1[N+](=O)[O-]. The minimum Gasteiger partial charge on any atom is -0.345 e. The van der Waals surface area contributed by atoms with Crippen LogP contribution in [0.3, 0.4) is 0 Å². The number of amides is 1. The van der Waals surface area contributed by atoms with Crippen molar-refractivity contribution in [2.75, 3.05) is 0 Å². The first-order valence-corrected chi connectivity index (χ1v) is 12.2. The van der Waals surface area contributed by atoms with Crippen LogP contribution in [-0.2, 0) is 13.1 Å². The van der Waals surface area contributed by atoms with Crippen molar-refractivity contribution in [3.63, 3.8) is 0 Å². The van der Waals surface area contributed by atoms with E-state index in [2.05, 4.69) is 38.7 Å². The van der Waals surface area contributed by atoms with Gasteiger partial charge in [0.1, 0.15) is 0 Å². The Bertz CT molecular complexity index is 1130. The molecule has 0 radical (unpaired) electrons. The number of hydrogen-bond acceptors (Lipinski definition) is 3. The molecule has 0 saturated heterocycles. The molecule has 1 saturated carbocycles. The Kier molecular flexibility index (Phi) is 7.28. The third kappa shape index (κ3) is 5.53. The highest BCUT2D eigenvalue weighted by Gasteiger charge is 2.28. The largest absolute Gasteiger partial charge is 0.345 e. The van der Waals surface area contributed by atoms with E-state index in [1.165, 1.54) is 18.1 Å². The number of aryl methyl sites for hydroxylation is 1. The van der Waals surface area contributed by atoms with Crippen molar-refractivity contribution in [3.8, 4) is 0 Å². The van der Waals surface area contributed by atoms with Crippen LogP contribution in [0.5, 0.6) is 0 Å². The topological polar surface area (TPSA) is 68.4 Å². The second-order valence-electron chi connectivity index (χ2n) is 8.74. The van der Waals surface area contributed by atoms with E-state index in [0.29, 0.717) is 17.7 Å². The Hall–Kier alpha value is -2.93. The molecule has 1 heterocycles. The second-order valence-corrected chi connectivity index (χ2v) is 9.65. The van der Waals surface area contributed by atoms with Crippen molar-refractivity contribution in [2.24, 2.45) is 0 Å². The number of benzene rings is 2. The molecule has 4 rings (SSSR count). The zero-order valence-electron chi connectivity index (χ0n) is 18.7. The van der Waals surface area contributed by atoms with Gasteiger partial charge in [-0.15, -0.1) is 0 Å². The van der Waals surface area contributed by atoms with Crippen LogP contribution in [0.25, 0.3) is 0 Å². The molecule has 33 heavy (non-hydrogen) atoms. The number of carbonyl (C=O) groups is 1. The van der Waals surface area contributed by atoms with Gasteiger partial charge in [-0.1, -0.05) is 53.4 Å². The molecule has 0 spiro atoms. The first kappa shape index (κ1) is 23.2. The van der Waals surface area contributed by atoms with Gasteiger partial charge in [0.15, 0.2) is 0 Å². The Morgan fingerprint density at radius 3 is 2.55 bits per heavy atom.